The lowest BCUT2D eigenvalue weighted by Crippen LogP contribution is -1.91. The molecule has 0 bridgehead atoms. The van der Waals surface area contributed by atoms with Crippen LogP contribution in [0.25, 0.3) is 11.1 Å². The van der Waals surface area contributed by atoms with Crippen molar-refractivity contribution in [2.24, 2.45) is 0 Å². The Bertz CT molecular complexity index is 698. The lowest BCUT2D eigenvalue weighted by Gasteiger charge is -2.07. The smallest absolute Gasteiger partial charge is 0.261 e. The van der Waals surface area contributed by atoms with Gasteiger partial charge >= 0.3 is 0 Å². The van der Waals surface area contributed by atoms with Crippen molar-refractivity contribution in [2.75, 3.05) is 0 Å². The molecular formula is C12H8ClFO3S. The normalized spacial score (nSPS) is 11.4. The zero-order valence-corrected chi connectivity index (χ0v) is 10.5. The highest BCUT2D eigenvalue weighted by Crippen LogP contribution is 2.33. The molecule has 3 nitrogen and oxygen atoms in total. The largest absolute Gasteiger partial charge is 0.507 e. The van der Waals surface area contributed by atoms with Crippen molar-refractivity contribution in [2.45, 2.75) is 4.90 Å². The van der Waals surface area contributed by atoms with E-state index in [2.05, 4.69) is 0 Å². The topological polar surface area (TPSA) is 54.4 Å². The summed E-state index contributed by atoms with van der Waals surface area (Å²) >= 11 is 0. The monoisotopic (exact) mass is 286 g/mol. The SMILES string of the molecule is O=S(=O)(Cl)c1ccc(-c2ccccc2F)c(O)c1. The van der Waals surface area contributed by atoms with Gasteiger partial charge in [-0.15, -0.1) is 0 Å². The molecule has 0 aromatic heterocycles. The van der Waals surface area contributed by atoms with E-state index in [1.807, 2.05) is 0 Å². The Morgan fingerprint density at radius 2 is 1.72 bits per heavy atom. The molecule has 0 atom stereocenters. The minimum Gasteiger partial charge on any atom is -0.507 e. The third-order valence-electron chi connectivity index (χ3n) is 2.41. The summed E-state index contributed by atoms with van der Waals surface area (Å²) in [5, 5.41) is 9.74. The molecule has 6 heteroatoms. The molecule has 94 valence electrons. The van der Waals surface area contributed by atoms with E-state index in [9.17, 15) is 17.9 Å². The first-order valence-electron chi connectivity index (χ1n) is 4.92. The molecule has 0 aliphatic rings. The third kappa shape index (κ3) is 2.47. The molecule has 0 spiro atoms. The molecule has 0 heterocycles. The van der Waals surface area contributed by atoms with Crippen LogP contribution in [0.2, 0.25) is 0 Å². The first-order chi connectivity index (χ1) is 8.39. The standard InChI is InChI=1S/C12H8ClFO3S/c13-18(16,17)8-5-6-10(12(15)7-8)9-3-1-2-4-11(9)14/h1-7,15H. The van der Waals surface area contributed by atoms with Crippen molar-refractivity contribution in [1.29, 1.82) is 0 Å². The van der Waals surface area contributed by atoms with Gasteiger partial charge in [0.1, 0.15) is 11.6 Å². The number of hydrogen-bond acceptors (Lipinski definition) is 3. The van der Waals surface area contributed by atoms with Crippen LogP contribution in [0.4, 0.5) is 4.39 Å². The van der Waals surface area contributed by atoms with Crippen LogP contribution >= 0.6 is 10.7 Å². The van der Waals surface area contributed by atoms with Crippen molar-refractivity contribution in [3.05, 3.63) is 48.3 Å². The van der Waals surface area contributed by atoms with Crippen molar-refractivity contribution in [1.82, 2.24) is 0 Å². The molecule has 2 aromatic carbocycles. The second kappa shape index (κ2) is 4.59. The quantitative estimate of drug-likeness (QED) is 0.863. The Morgan fingerprint density at radius 3 is 2.28 bits per heavy atom. The van der Waals surface area contributed by atoms with Crippen molar-refractivity contribution >= 4 is 19.7 Å². The molecule has 1 N–H and O–H groups in total. The van der Waals surface area contributed by atoms with Gasteiger partial charge in [-0.2, -0.15) is 0 Å². The molecule has 0 aliphatic heterocycles. The summed E-state index contributed by atoms with van der Waals surface area (Å²) in [6, 6.07) is 9.38. The Hall–Kier alpha value is -1.59. The van der Waals surface area contributed by atoms with E-state index in [1.54, 1.807) is 6.07 Å². The molecule has 0 aliphatic carbocycles. The molecule has 0 unspecified atom stereocenters. The average Bonchev–Trinajstić information content (AvgIpc) is 2.29. The highest BCUT2D eigenvalue weighted by Gasteiger charge is 2.15. The fraction of sp³-hybridized carbons (Fsp3) is 0. The molecule has 18 heavy (non-hydrogen) atoms. The molecule has 0 saturated heterocycles. The number of rotatable bonds is 2. The van der Waals surface area contributed by atoms with Gasteiger partial charge in [-0.05, 0) is 18.2 Å². The lowest BCUT2D eigenvalue weighted by molar-refractivity contribution is 0.474. The van der Waals surface area contributed by atoms with Crippen LogP contribution in [0, 0.1) is 5.82 Å². The maximum Gasteiger partial charge on any atom is 0.261 e. The molecule has 0 amide bonds. The third-order valence-corrected chi connectivity index (χ3v) is 3.77. The Labute approximate surface area is 108 Å². The van der Waals surface area contributed by atoms with E-state index < -0.39 is 14.9 Å². The second-order valence-corrected chi connectivity index (χ2v) is 6.16. The summed E-state index contributed by atoms with van der Waals surface area (Å²) in [4.78, 5) is -0.234. The Morgan fingerprint density at radius 1 is 1.06 bits per heavy atom. The van der Waals surface area contributed by atoms with Crippen LogP contribution in [-0.4, -0.2) is 13.5 Å². The molecule has 2 aromatic rings. The van der Waals surface area contributed by atoms with Crippen LogP contribution in [0.3, 0.4) is 0 Å². The van der Waals surface area contributed by atoms with Gasteiger partial charge in [0.2, 0.25) is 0 Å². The van der Waals surface area contributed by atoms with Crippen molar-refractivity contribution in [3.8, 4) is 16.9 Å². The molecule has 0 fully saturated rings. The summed E-state index contributed by atoms with van der Waals surface area (Å²) in [6.45, 7) is 0. The Kier molecular flexibility index (Phi) is 3.28. The van der Waals surface area contributed by atoms with Gasteiger partial charge in [0.05, 0.1) is 4.90 Å². The van der Waals surface area contributed by atoms with Crippen molar-refractivity contribution < 1.29 is 17.9 Å². The minimum absolute atomic E-state index is 0.188. The van der Waals surface area contributed by atoms with E-state index in [1.165, 1.54) is 30.3 Å². The van der Waals surface area contributed by atoms with E-state index >= 15 is 0 Å². The average molecular weight is 287 g/mol. The summed E-state index contributed by atoms with van der Waals surface area (Å²) in [6.07, 6.45) is 0. The predicted molar refractivity (Wildman–Crippen MR) is 66.5 cm³/mol. The fourth-order valence-corrected chi connectivity index (χ4v) is 2.34. The van der Waals surface area contributed by atoms with E-state index in [0.29, 0.717) is 0 Å². The van der Waals surface area contributed by atoms with Crippen LogP contribution in [0.1, 0.15) is 0 Å². The van der Waals surface area contributed by atoms with Crippen molar-refractivity contribution in [3.63, 3.8) is 0 Å². The summed E-state index contributed by atoms with van der Waals surface area (Å²) < 4.78 is 35.7. The van der Waals surface area contributed by atoms with Gasteiger partial charge in [-0.3, -0.25) is 0 Å². The van der Waals surface area contributed by atoms with Crippen LogP contribution < -0.4 is 0 Å². The van der Waals surface area contributed by atoms with Gasteiger partial charge in [0.25, 0.3) is 9.05 Å². The number of hydrogen-bond donors (Lipinski definition) is 1. The first-order valence-corrected chi connectivity index (χ1v) is 7.23. The molecule has 0 saturated carbocycles. The summed E-state index contributed by atoms with van der Waals surface area (Å²) in [5.41, 5.74) is 0.394. The number of benzene rings is 2. The fourth-order valence-electron chi connectivity index (χ4n) is 1.57. The van der Waals surface area contributed by atoms with E-state index in [-0.39, 0.29) is 21.8 Å². The summed E-state index contributed by atoms with van der Waals surface area (Å²) in [7, 11) is 1.23. The van der Waals surface area contributed by atoms with Gasteiger partial charge in [-0.25, -0.2) is 12.8 Å². The number of phenols is 1. The number of phenolic OH excluding ortho intramolecular Hbond substituents is 1. The number of halogens is 2. The van der Waals surface area contributed by atoms with Crippen LogP contribution in [-0.2, 0) is 9.05 Å². The van der Waals surface area contributed by atoms with Crippen LogP contribution in [0.15, 0.2) is 47.4 Å². The zero-order valence-electron chi connectivity index (χ0n) is 8.97. The highest BCUT2D eigenvalue weighted by atomic mass is 35.7. The second-order valence-electron chi connectivity index (χ2n) is 3.60. The maximum atomic E-state index is 13.5. The maximum absolute atomic E-state index is 13.5. The Balaban J connectivity index is 2.59. The molecule has 0 radical (unpaired) electrons. The van der Waals surface area contributed by atoms with E-state index in [4.69, 9.17) is 10.7 Å². The van der Waals surface area contributed by atoms with Gasteiger partial charge in [-0.1, -0.05) is 18.2 Å². The first kappa shape index (κ1) is 12.9. The molecule has 2 rings (SSSR count). The van der Waals surface area contributed by atoms with Gasteiger partial charge in [0.15, 0.2) is 0 Å². The predicted octanol–water partition coefficient (Wildman–Crippen LogP) is 3.13. The molecular weight excluding hydrogens is 279 g/mol. The van der Waals surface area contributed by atoms with Gasteiger partial charge < -0.3 is 5.11 Å². The van der Waals surface area contributed by atoms with Gasteiger partial charge in [0, 0.05) is 27.9 Å². The zero-order chi connectivity index (χ0) is 13.3. The number of aromatic hydroxyl groups is 1. The minimum atomic E-state index is -3.92. The summed E-state index contributed by atoms with van der Waals surface area (Å²) in [5.74, 6) is -0.851. The highest BCUT2D eigenvalue weighted by molar-refractivity contribution is 8.13. The van der Waals surface area contributed by atoms with Crippen LogP contribution in [0.5, 0.6) is 5.75 Å². The lowest BCUT2D eigenvalue weighted by atomic mass is 10.0. The van der Waals surface area contributed by atoms with E-state index in [0.717, 1.165) is 6.07 Å².